The maximum Gasteiger partial charge on any atom is 1.00 e. The molecule has 3 amide bonds. The van der Waals surface area contributed by atoms with Crippen LogP contribution in [0.2, 0.25) is 0 Å². The molecule has 1 aliphatic carbocycles. The molecule has 0 spiro atoms. The van der Waals surface area contributed by atoms with Gasteiger partial charge in [-0.2, -0.15) is 0 Å². The first kappa shape index (κ1) is 34.0. The first-order chi connectivity index (χ1) is 16.6. The molecule has 2 unspecified atom stereocenters. The van der Waals surface area contributed by atoms with Gasteiger partial charge in [0.05, 0.1) is 6.04 Å². The van der Waals surface area contributed by atoms with Crippen molar-refractivity contribution in [3.8, 4) is 0 Å². The van der Waals surface area contributed by atoms with E-state index < -0.39 is 57.6 Å². The van der Waals surface area contributed by atoms with Gasteiger partial charge in [-0.1, -0.05) is 13.8 Å². The third kappa shape index (κ3) is 10.9. The van der Waals surface area contributed by atoms with Gasteiger partial charge in [-0.25, -0.2) is 22.0 Å². The van der Waals surface area contributed by atoms with Crippen molar-refractivity contribution in [1.82, 2.24) is 16.0 Å². The van der Waals surface area contributed by atoms with E-state index in [0.717, 1.165) is 0 Å². The molecule has 15 heteroatoms. The van der Waals surface area contributed by atoms with E-state index in [-0.39, 0.29) is 85.8 Å². The summed E-state index contributed by atoms with van der Waals surface area (Å²) >= 11 is 0. The van der Waals surface area contributed by atoms with E-state index in [4.69, 9.17) is 4.74 Å². The van der Waals surface area contributed by atoms with Gasteiger partial charge in [-0.05, 0) is 50.9 Å². The number of hydrogen-bond donors (Lipinski definition) is 4. The Morgan fingerprint density at radius 2 is 1.78 bits per heavy atom. The van der Waals surface area contributed by atoms with E-state index in [1.165, 1.54) is 0 Å². The standard InChI is InChI=1S/C22H37F2N3O8S.Na/c1-12(2)10-16(27-21(31)35-13(3)14-4-7-22(23,24)8-5-14)19(29)26-17(20(30)36(32,33)34)11-15-6-9-25-18(15)28;/h12-17,20,30H,4-11H2,1-3H3,(H,25,28)(H,26,29)(H,27,31)(H,32,33,34);/q;+1/p-1/t13?,15-,16-,17-,20?;/m0./s1. The van der Waals surface area contributed by atoms with Gasteiger partial charge >= 0.3 is 35.7 Å². The monoisotopic (exact) mass is 563 g/mol. The summed E-state index contributed by atoms with van der Waals surface area (Å²) < 4.78 is 66.5. The summed E-state index contributed by atoms with van der Waals surface area (Å²) in [6.45, 7) is 5.47. The molecule has 1 saturated heterocycles. The maximum absolute atomic E-state index is 13.4. The van der Waals surface area contributed by atoms with Crippen LogP contribution in [0.5, 0.6) is 0 Å². The second-order valence-electron chi connectivity index (χ2n) is 10.1. The normalized spacial score (nSPS) is 23.2. The Balaban J connectivity index is 0.00000684. The molecular weight excluding hydrogens is 527 g/mol. The average molecular weight is 564 g/mol. The Kier molecular flexibility index (Phi) is 13.2. The molecule has 2 fully saturated rings. The minimum Gasteiger partial charge on any atom is -0.746 e. The Morgan fingerprint density at radius 1 is 1.19 bits per heavy atom. The molecule has 1 aliphatic heterocycles. The smallest absolute Gasteiger partial charge is 0.746 e. The number of ether oxygens (including phenoxy) is 1. The van der Waals surface area contributed by atoms with E-state index in [1.807, 2.05) is 0 Å². The van der Waals surface area contributed by atoms with Gasteiger partial charge in [0.1, 0.15) is 22.3 Å². The first-order valence-electron chi connectivity index (χ1n) is 12.1. The van der Waals surface area contributed by atoms with Crippen molar-refractivity contribution in [3.05, 3.63) is 0 Å². The van der Waals surface area contributed by atoms with Crippen molar-refractivity contribution in [2.75, 3.05) is 6.54 Å². The number of nitrogens with one attached hydrogen (secondary N) is 3. The van der Waals surface area contributed by atoms with Crippen molar-refractivity contribution in [3.63, 3.8) is 0 Å². The molecule has 208 valence electrons. The van der Waals surface area contributed by atoms with Crippen LogP contribution in [0, 0.1) is 17.8 Å². The fourth-order valence-electron chi connectivity index (χ4n) is 4.58. The molecule has 0 bridgehead atoms. The molecule has 0 aromatic heterocycles. The molecule has 2 rings (SSSR count). The molecule has 0 aromatic rings. The topological polar surface area (TPSA) is 174 Å². The fourth-order valence-corrected chi connectivity index (χ4v) is 5.17. The van der Waals surface area contributed by atoms with Crippen LogP contribution in [-0.2, 0) is 24.4 Å². The zero-order valence-corrected chi connectivity index (χ0v) is 24.5. The van der Waals surface area contributed by atoms with Crippen molar-refractivity contribution in [2.24, 2.45) is 17.8 Å². The number of alkyl carbamates (subject to hydrolysis) is 1. The summed E-state index contributed by atoms with van der Waals surface area (Å²) in [5, 5.41) is 17.3. The third-order valence-corrected chi connectivity index (χ3v) is 7.62. The summed E-state index contributed by atoms with van der Waals surface area (Å²) in [5.41, 5.74) is -2.49. The molecule has 1 saturated carbocycles. The van der Waals surface area contributed by atoms with E-state index in [1.54, 1.807) is 20.8 Å². The Labute approximate surface area is 238 Å². The van der Waals surface area contributed by atoms with Crippen LogP contribution in [0.4, 0.5) is 13.6 Å². The number of carbonyl (C=O) groups is 3. The number of halogens is 2. The summed E-state index contributed by atoms with van der Waals surface area (Å²) in [6.07, 6.45) is -1.68. The molecule has 4 N–H and O–H groups in total. The largest absolute Gasteiger partial charge is 1.00 e. The Morgan fingerprint density at radius 3 is 2.27 bits per heavy atom. The summed E-state index contributed by atoms with van der Waals surface area (Å²) in [4.78, 5) is 37.4. The molecule has 0 aromatic carbocycles. The zero-order chi connectivity index (χ0) is 27.3. The maximum atomic E-state index is 13.4. The van der Waals surface area contributed by atoms with E-state index in [9.17, 15) is 41.2 Å². The third-order valence-electron chi connectivity index (χ3n) is 6.70. The molecule has 2 aliphatic rings. The first-order valence-corrected chi connectivity index (χ1v) is 13.6. The molecule has 37 heavy (non-hydrogen) atoms. The van der Waals surface area contributed by atoms with Crippen LogP contribution in [-0.4, -0.2) is 72.1 Å². The number of rotatable bonds is 11. The van der Waals surface area contributed by atoms with Crippen LogP contribution in [0.1, 0.15) is 65.7 Å². The molecular formula is C22H36F2N3NaO8S. The van der Waals surface area contributed by atoms with Crippen molar-refractivity contribution in [1.29, 1.82) is 0 Å². The van der Waals surface area contributed by atoms with Gasteiger partial charge < -0.3 is 30.3 Å². The second kappa shape index (κ2) is 14.4. The van der Waals surface area contributed by atoms with Gasteiger partial charge in [0.25, 0.3) is 0 Å². The summed E-state index contributed by atoms with van der Waals surface area (Å²) in [7, 11) is -5.22. The quantitative estimate of drug-likeness (QED) is 0.169. The minimum atomic E-state index is -5.22. The van der Waals surface area contributed by atoms with Crippen LogP contribution < -0.4 is 45.5 Å². The fraction of sp³-hybridized carbons (Fsp3) is 0.864. The van der Waals surface area contributed by atoms with Gasteiger partial charge in [0.2, 0.25) is 17.7 Å². The SMILES string of the molecule is CC(C)C[C@H](NC(=O)OC(C)C1CCC(F)(F)CC1)C(=O)N[C@@H](C[C@@H]1CCNC1=O)C(O)S(=O)(=O)[O-].[Na+]. The Hall–Kier alpha value is -1.06. The number of carbonyl (C=O) groups excluding carboxylic acids is 3. The Bertz CT molecular complexity index is 898. The number of aliphatic hydroxyl groups is 1. The predicted octanol–water partition coefficient (Wildman–Crippen LogP) is -1.78. The van der Waals surface area contributed by atoms with Crippen LogP contribution >= 0.6 is 0 Å². The molecule has 1 heterocycles. The predicted molar refractivity (Wildman–Crippen MR) is 123 cm³/mol. The molecule has 0 radical (unpaired) electrons. The van der Waals surface area contributed by atoms with Gasteiger partial charge in [-0.15, -0.1) is 0 Å². The van der Waals surface area contributed by atoms with E-state index in [0.29, 0.717) is 13.0 Å². The molecule has 5 atom stereocenters. The van der Waals surface area contributed by atoms with Crippen molar-refractivity contribution >= 4 is 28.0 Å². The number of aliphatic hydroxyl groups excluding tert-OH is 1. The van der Waals surface area contributed by atoms with Crippen molar-refractivity contribution in [2.45, 2.75) is 95.3 Å². The summed E-state index contributed by atoms with van der Waals surface area (Å²) in [6, 6.07) is -2.79. The van der Waals surface area contributed by atoms with Gasteiger partial charge in [-0.3, -0.25) is 9.59 Å². The minimum absolute atomic E-state index is 0. The number of alkyl halides is 2. The van der Waals surface area contributed by atoms with Crippen LogP contribution in [0.15, 0.2) is 0 Å². The molecule has 11 nitrogen and oxygen atoms in total. The van der Waals surface area contributed by atoms with Crippen molar-refractivity contribution < 1.29 is 75.5 Å². The average Bonchev–Trinajstić information content (AvgIpc) is 3.15. The number of hydrogen-bond acceptors (Lipinski definition) is 8. The van der Waals surface area contributed by atoms with E-state index in [2.05, 4.69) is 16.0 Å². The van der Waals surface area contributed by atoms with Gasteiger partial charge in [0, 0.05) is 25.3 Å². The van der Waals surface area contributed by atoms with Gasteiger partial charge in [0.15, 0.2) is 5.44 Å². The summed E-state index contributed by atoms with van der Waals surface area (Å²) in [5.74, 6) is -5.05. The number of amides is 3. The van der Waals surface area contributed by atoms with Crippen LogP contribution in [0.25, 0.3) is 0 Å². The van der Waals surface area contributed by atoms with E-state index >= 15 is 0 Å². The second-order valence-corrected chi connectivity index (χ2v) is 11.6. The zero-order valence-electron chi connectivity index (χ0n) is 21.7. The van der Waals surface area contributed by atoms with Crippen LogP contribution in [0.3, 0.4) is 0 Å².